The first-order valence-electron chi connectivity index (χ1n) is 7.62. The number of hydrogen-bond acceptors (Lipinski definition) is 2. The lowest BCUT2D eigenvalue weighted by atomic mass is 10.0. The topological polar surface area (TPSA) is 41.1 Å². The standard InChI is InChI=1S/C19H19N3/c1-4-15-8-10-16(11-9-15)18-19(13(2)12-20)22-14(3)6-5-7-17(22)21-18/h5-11,13H,4H2,1-3H3. The smallest absolute Gasteiger partial charge is 0.137 e. The molecule has 110 valence electrons. The third kappa shape index (κ3) is 2.27. The summed E-state index contributed by atoms with van der Waals surface area (Å²) in [5, 5.41) is 9.42. The highest BCUT2D eigenvalue weighted by Crippen LogP contribution is 2.31. The van der Waals surface area contributed by atoms with Gasteiger partial charge in [0.2, 0.25) is 0 Å². The summed E-state index contributed by atoms with van der Waals surface area (Å²) in [6.07, 6.45) is 1.02. The van der Waals surface area contributed by atoms with Gasteiger partial charge in [-0.2, -0.15) is 5.26 Å². The molecule has 1 atom stereocenters. The van der Waals surface area contributed by atoms with Crippen molar-refractivity contribution < 1.29 is 0 Å². The second kappa shape index (κ2) is 5.65. The molecule has 3 rings (SSSR count). The van der Waals surface area contributed by atoms with E-state index in [2.05, 4.69) is 41.7 Å². The van der Waals surface area contributed by atoms with Gasteiger partial charge in [-0.15, -0.1) is 0 Å². The van der Waals surface area contributed by atoms with Gasteiger partial charge >= 0.3 is 0 Å². The van der Waals surface area contributed by atoms with Gasteiger partial charge in [-0.05, 0) is 38.0 Å². The molecule has 22 heavy (non-hydrogen) atoms. The summed E-state index contributed by atoms with van der Waals surface area (Å²) in [5.74, 6) is -0.211. The summed E-state index contributed by atoms with van der Waals surface area (Å²) < 4.78 is 2.09. The van der Waals surface area contributed by atoms with Crippen LogP contribution < -0.4 is 0 Å². The molecule has 0 saturated carbocycles. The van der Waals surface area contributed by atoms with Gasteiger partial charge in [0.05, 0.1) is 23.4 Å². The minimum absolute atomic E-state index is 0.211. The fourth-order valence-electron chi connectivity index (χ4n) is 2.85. The van der Waals surface area contributed by atoms with Crippen molar-refractivity contribution in [3.63, 3.8) is 0 Å². The zero-order chi connectivity index (χ0) is 15.7. The molecule has 0 saturated heterocycles. The van der Waals surface area contributed by atoms with Crippen LogP contribution in [0.1, 0.15) is 36.7 Å². The second-order valence-electron chi connectivity index (χ2n) is 5.61. The van der Waals surface area contributed by atoms with E-state index < -0.39 is 0 Å². The van der Waals surface area contributed by atoms with E-state index >= 15 is 0 Å². The second-order valence-corrected chi connectivity index (χ2v) is 5.61. The number of rotatable bonds is 3. The predicted octanol–water partition coefficient (Wildman–Crippen LogP) is 4.50. The first kappa shape index (κ1) is 14.3. The first-order chi connectivity index (χ1) is 10.7. The highest BCUT2D eigenvalue weighted by molar-refractivity contribution is 5.68. The molecular formula is C19H19N3. The third-order valence-corrected chi connectivity index (χ3v) is 4.11. The first-order valence-corrected chi connectivity index (χ1v) is 7.62. The normalized spacial score (nSPS) is 12.3. The number of pyridine rings is 1. The van der Waals surface area contributed by atoms with Gasteiger partial charge in [-0.25, -0.2) is 4.98 Å². The maximum absolute atomic E-state index is 9.42. The molecule has 1 aromatic carbocycles. The number of nitriles is 1. The molecular weight excluding hydrogens is 270 g/mol. The third-order valence-electron chi connectivity index (χ3n) is 4.11. The molecule has 0 radical (unpaired) electrons. The van der Waals surface area contributed by atoms with Crippen molar-refractivity contribution in [2.24, 2.45) is 0 Å². The van der Waals surface area contributed by atoms with Crippen LogP contribution in [0.4, 0.5) is 0 Å². The van der Waals surface area contributed by atoms with Gasteiger partial charge in [0.25, 0.3) is 0 Å². The molecule has 3 nitrogen and oxygen atoms in total. The molecule has 0 amide bonds. The Morgan fingerprint density at radius 2 is 1.91 bits per heavy atom. The molecule has 0 fully saturated rings. The predicted molar refractivity (Wildman–Crippen MR) is 88.8 cm³/mol. The van der Waals surface area contributed by atoms with Crippen molar-refractivity contribution in [2.45, 2.75) is 33.1 Å². The Bertz CT molecular complexity index is 851. The largest absolute Gasteiger partial charge is 0.299 e. The number of hydrogen-bond donors (Lipinski definition) is 0. The summed E-state index contributed by atoms with van der Waals surface area (Å²) in [7, 11) is 0. The number of nitrogens with zero attached hydrogens (tertiary/aromatic N) is 3. The molecule has 0 aliphatic carbocycles. The Kier molecular flexibility index (Phi) is 3.68. The van der Waals surface area contributed by atoms with E-state index in [4.69, 9.17) is 4.98 Å². The molecule has 0 spiro atoms. The van der Waals surface area contributed by atoms with Crippen molar-refractivity contribution >= 4 is 5.65 Å². The van der Waals surface area contributed by atoms with Crippen LogP contribution in [-0.4, -0.2) is 9.38 Å². The number of fused-ring (bicyclic) bond motifs is 1. The van der Waals surface area contributed by atoms with Gasteiger partial charge < -0.3 is 0 Å². The van der Waals surface area contributed by atoms with Gasteiger partial charge in [0.1, 0.15) is 5.65 Å². The Balaban J connectivity index is 2.28. The summed E-state index contributed by atoms with van der Waals surface area (Å²) in [6.45, 7) is 6.12. The Hall–Kier alpha value is -2.60. The maximum atomic E-state index is 9.42. The van der Waals surface area contributed by atoms with Crippen LogP contribution in [0.25, 0.3) is 16.9 Å². The average molecular weight is 289 g/mol. The van der Waals surface area contributed by atoms with E-state index in [0.717, 1.165) is 34.7 Å². The molecule has 0 aliphatic heterocycles. The van der Waals surface area contributed by atoms with Crippen molar-refractivity contribution in [1.82, 2.24) is 9.38 Å². The Morgan fingerprint density at radius 3 is 2.55 bits per heavy atom. The van der Waals surface area contributed by atoms with Crippen molar-refractivity contribution in [1.29, 1.82) is 5.26 Å². The molecule has 0 N–H and O–H groups in total. The lowest BCUT2D eigenvalue weighted by molar-refractivity contribution is 0.882. The number of aryl methyl sites for hydroxylation is 2. The summed E-state index contributed by atoms with van der Waals surface area (Å²) in [4.78, 5) is 4.78. The molecule has 1 unspecified atom stereocenters. The highest BCUT2D eigenvalue weighted by Gasteiger charge is 2.20. The van der Waals surface area contributed by atoms with Crippen molar-refractivity contribution in [2.75, 3.05) is 0 Å². The van der Waals surface area contributed by atoms with Crippen LogP contribution in [0.15, 0.2) is 42.5 Å². The van der Waals surface area contributed by atoms with Crippen LogP contribution in [-0.2, 0) is 6.42 Å². The van der Waals surface area contributed by atoms with Crippen molar-refractivity contribution in [3.8, 4) is 17.3 Å². The quantitative estimate of drug-likeness (QED) is 0.712. The molecule has 2 aromatic heterocycles. The van der Waals surface area contributed by atoms with E-state index in [1.54, 1.807) is 0 Å². The fourth-order valence-corrected chi connectivity index (χ4v) is 2.85. The zero-order valence-electron chi connectivity index (χ0n) is 13.2. The van der Waals surface area contributed by atoms with E-state index in [1.165, 1.54) is 5.56 Å². The fraction of sp³-hybridized carbons (Fsp3) is 0.263. The monoisotopic (exact) mass is 289 g/mol. The van der Waals surface area contributed by atoms with Crippen LogP contribution in [0, 0.1) is 18.3 Å². The van der Waals surface area contributed by atoms with Crippen molar-refractivity contribution in [3.05, 3.63) is 59.4 Å². The number of benzene rings is 1. The minimum Gasteiger partial charge on any atom is -0.299 e. The van der Waals surface area contributed by atoms with Crippen LogP contribution in [0.5, 0.6) is 0 Å². The van der Waals surface area contributed by atoms with Gasteiger partial charge in [-0.1, -0.05) is 37.3 Å². The van der Waals surface area contributed by atoms with Gasteiger partial charge in [-0.3, -0.25) is 4.40 Å². The lowest BCUT2D eigenvalue weighted by Gasteiger charge is -2.09. The molecule has 2 heterocycles. The maximum Gasteiger partial charge on any atom is 0.137 e. The Labute approximate surface area is 130 Å². The number of imidazole rings is 1. The molecule has 0 aliphatic rings. The Morgan fingerprint density at radius 1 is 1.18 bits per heavy atom. The van der Waals surface area contributed by atoms with Crippen LogP contribution in [0.3, 0.4) is 0 Å². The lowest BCUT2D eigenvalue weighted by Crippen LogP contribution is -2.01. The highest BCUT2D eigenvalue weighted by atomic mass is 15.0. The van der Waals surface area contributed by atoms with E-state index in [-0.39, 0.29) is 5.92 Å². The van der Waals surface area contributed by atoms with Crippen LogP contribution >= 0.6 is 0 Å². The van der Waals surface area contributed by atoms with Crippen LogP contribution in [0.2, 0.25) is 0 Å². The molecule has 3 heteroatoms. The summed E-state index contributed by atoms with van der Waals surface area (Å²) >= 11 is 0. The SMILES string of the molecule is CCc1ccc(-c2nc3cccc(C)n3c2C(C)C#N)cc1. The zero-order valence-corrected chi connectivity index (χ0v) is 13.2. The number of aromatic nitrogens is 2. The van der Waals surface area contributed by atoms with E-state index in [0.29, 0.717) is 0 Å². The van der Waals surface area contributed by atoms with E-state index in [9.17, 15) is 5.26 Å². The van der Waals surface area contributed by atoms with Gasteiger partial charge in [0.15, 0.2) is 0 Å². The van der Waals surface area contributed by atoms with Gasteiger partial charge in [0, 0.05) is 11.3 Å². The molecule has 0 bridgehead atoms. The average Bonchev–Trinajstić information content (AvgIpc) is 2.95. The summed E-state index contributed by atoms with van der Waals surface area (Å²) in [6, 6.07) is 16.9. The van der Waals surface area contributed by atoms with E-state index in [1.807, 2.05) is 32.0 Å². The molecule has 3 aromatic rings. The minimum atomic E-state index is -0.211. The summed E-state index contributed by atoms with van der Waals surface area (Å²) in [5.41, 5.74) is 6.24.